The zero-order valence-corrected chi connectivity index (χ0v) is 26.3. The summed E-state index contributed by atoms with van der Waals surface area (Å²) in [7, 11) is 4.81. The fraction of sp³-hybridized carbons (Fsp3) is 0.258. The Labute approximate surface area is 250 Å². The summed E-state index contributed by atoms with van der Waals surface area (Å²) in [6.07, 6.45) is 6.74. The number of unbranched alkanes of at least 4 members (excludes halogenated alkanes) is 2. The topological polar surface area (TPSA) is 54.0 Å². The molecule has 5 nitrogen and oxygen atoms in total. The summed E-state index contributed by atoms with van der Waals surface area (Å²) >= 11 is 9.10. The van der Waals surface area contributed by atoms with E-state index >= 15 is 0 Å². The van der Waals surface area contributed by atoms with E-state index in [1.807, 2.05) is 36.4 Å². The van der Waals surface area contributed by atoms with Crippen LogP contribution in [0, 0.1) is 0 Å². The molecule has 0 unspecified atom stereocenters. The number of benzene rings is 3. The molecule has 204 valence electrons. The van der Waals surface area contributed by atoms with Gasteiger partial charge in [-0.3, -0.25) is 0 Å². The van der Waals surface area contributed by atoms with Crippen molar-refractivity contribution in [2.24, 2.45) is 0 Å². The van der Waals surface area contributed by atoms with E-state index in [0.717, 1.165) is 60.0 Å². The van der Waals surface area contributed by atoms with Gasteiger partial charge < -0.3 is 18.9 Å². The lowest BCUT2D eigenvalue weighted by molar-refractivity contribution is 0.0494. The SMILES string of the molecule is CCCCCOC(=O)c1c(C=Cc2ccc(-c3cc4c(OC)ccc(Br)c4s3)cc2Br)cc(OC)cc1OC. The van der Waals surface area contributed by atoms with Crippen LogP contribution in [0.15, 0.2) is 57.5 Å². The lowest BCUT2D eigenvalue weighted by Crippen LogP contribution is -2.10. The minimum Gasteiger partial charge on any atom is -0.497 e. The van der Waals surface area contributed by atoms with Crippen LogP contribution in [0.1, 0.15) is 47.7 Å². The predicted molar refractivity (Wildman–Crippen MR) is 167 cm³/mol. The Morgan fingerprint density at radius 3 is 2.31 bits per heavy atom. The smallest absolute Gasteiger partial charge is 0.342 e. The van der Waals surface area contributed by atoms with E-state index in [1.54, 1.807) is 31.6 Å². The van der Waals surface area contributed by atoms with Gasteiger partial charge in [0.1, 0.15) is 22.8 Å². The molecule has 3 aromatic carbocycles. The zero-order chi connectivity index (χ0) is 27.9. The van der Waals surface area contributed by atoms with Crippen molar-refractivity contribution in [2.75, 3.05) is 27.9 Å². The maximum Gasteiger partial charge on any atom is 0.342 e. The van der Waals surface area contributed by atoms with Crippen molar-refractivity contribution < 1.29 is 23.7 Å². The molecule has 0 aliphatic heterocycles. The molecule has 0 radical (unpaired) electrons. The van der Waals surface area contributed by atoms with Gasteiger partial charge in [-0.15, -0.1) is 11.3 Å². The van der Waals surface area contributed by atoms with Crippen molar-refractivity contribution in [3.8, 4) is 27.7 Å². The van der Waals surface area contributed by atoms with Crippen molar-refractivity contribution in [3.63, 3.8) is 0 Å². The Balaban J connectivity index is 1.65. The molecule has 0 bridgehead atoms. The Morgan fingerprint density at radius 1 is 0.846 bits per heavy atom. The molecule has 0 spiro atoms. The summed E-state index contributed by atoms with van der Waals surface area (Å²) in [5.41, 5.74) is 3.09. The highest BCUT2D eigenvalue weighted by Crippen LogP contribution is 2.42. The van der Waals surface area contributed by atoms with E-state index in [4.69, 9.17) is 18.9 Å². The van der Waals surface area contributed by atoms with E-state index in [0.29, 0.717) is 29.2 Å². The first-order valence-electron chi connectivity index (χ1n) is 12.6. The number of hydrogen-bond acceptors (Lipinski definition) is 6. The Kier molecular flexibility index (Phi) is 10.1. The summed E-state index contributed by atoms with van der Waals surface area (Å²) < 4.78 is 25.2. The number of carbonyl (C=O) groups excluding carboxylic acids is 1. The number of halogens is 2. The van der Waals surface area contributed by atoms with Gasteiger partial charge in [0, 0.05) is 25.3 Å². The lowest BCUT2D eigenvalue weighted by Gasteiger charge is -2.14. The molecule has 4 rings (SSSR count). The van der Waals surface area contributed by atoms with Crippen molar-refractivity contribution in [2.45, 2.75) is 26.2 Å². The third-order valence-electron chi connectivity index (χ3n) is 6.29. The summed E-state index contributed by atoms with van der Waals surface area (Å²) in [5.74, 6) is 1.44. The first-order chi connectivity index (χ1) is 18.9. The molecule has 0 fully saturated rings. The maximum atomic E-state index is 13.0. The second-order valence-corrected chi connectivity index (χ2v) is 11.6. The Hall–Kier alpha value is -2.81. The van der Waals surface area contributed by atoms with E-state index in [9.17, 15) is 4.79 Å². The van der Waals surface area contributed by atoms with Crippen molar-refractivity contribution in [1.29, 1.82) is 0 Å². The van der Waals surface area contributed by atoms with Crippen LogP contribution in [-0.4, -0.2) is 33.9 Å². The molecule has 4 aromatic rings. The van der Waals surface area contributed by atoms with Gasteiger partial charge in [0.15, 0.2) is 0 Å². The molecule has 8 heteroatoms. The van der Waals surface area contributed by atoms with Gasteiger partial charge in [-0.25, -0.2) is 4.79 Å². The average Bonchev–Trinajstić information content (AvgIpc) is 3.41. The van der Waals surface area contributed by atoms with Crippen LogP contribution in [0.3, 0.4) is 0 Å². The molecule has 0 saturated carbocycles. The van der Waals surface area contributed by atoms with Gasteiger partial charge in [-0.05, 0) is 69.4 Å². The van der Waals surface area contributed by atoms with Crippen molar-refractivity contribution in [3.05, 3.63) is 74.2 Å². The highest BCUT2D eigenvalue weighted by molar-refractivity contribution is 9.11. The Morgan fingerprint density at radius 2 is 1.62 bits per heavy atom. The fourth-order valence-electron chi connectivity index (χ4n) is 4.21. The first-order valence-corrected chi connectivity index (χ1v) is 15.0. The second kappa shape index (κ2) is 13.5. The number of carbonyl (C=O) groups is 1. The van der Waals surface area contributed by atoms with Crippen LogP contribution in [0.2, 0.25) is 0 Å². The van der Waals surface area contributed by atoms with Crippen LogP contribution in [0.4, 0.5) is 0 Å². The number of methoxy groups -OCH3 is 3. The quantitative estimate of drug-likeness (QED) is 0.0902. The Bertz CT molecular complexity index is 1510. The largest absolute Gasteiger partial charge is 0.497 e. The van der Waals surface area contributed by atoms with Gasteiger partial charge >= 0.3 is 5.97 Å². The molecule has 0 aliphatic carbocycles. The van der Waals surface area contributed by atoms with Gasteiger partial charge in [0.2, 0.25) is 0 Å². The molecule has 1 aromatic heterocycles. The summed E-state index contributed by atoms with van der Waals surface area (Å²) in [4.78, 5) is 14.2. The molecule has 0 aliphatic rings. The number of rotatable bonds is 11. The molecule has 0 N–H and O–H groups in total. The van der Waals surface area contributed by atoms with Crippen LogP contribution < -0.4 is 14.2 Å². The van der Waals surface area contributed by atoms with Crippen LogP contribution in [-0.2, 0) is 4.74 Å². The van der Waals surface area contributed by atoms with E-state index in [-0.39, 0.29) is 0 Å². The number of esters is 1. The van der Waals surface area contributed by atoms with Gasteiger partial charge in [0.05, 0.1) is 32.6 Å². The number of hydrogen-bond donors (Lipinski definition) is 0. The number of thiophene rings is 1. The first kappa shape index (κ1) is 29.2. The average molecular weight is 674 g/mol. The minimum absolute atomic E-state index is 0.373. The standard InChI is InChI=1S/C31H30Br2O5S/c1-5-6-7-14-38-31(34)29-21(15-22(35-2)17-27(29)37-4)11-9-19-8-10-20(16-25(19)33)28-18-23-26(36-3)13-12-24(32)30(23)39-28/h8-13,15-18H,5-7,14H2,1-4H3. The fourth-order valence-corrected chi connectivity index (χ4v) is 6.39. The monoisotopic (exact) mass is 672 g/mol. The second-order valence-electron chi connectivity index (χ2n) is 8.81. The third kappa shape index (κ3) is 6.68. The summed E-state index contributed by atoms with van der Waals surface area (Å²) in [6.45, 7) is 2.48. The minimum atomic E-state index is -0.411. The van der Waals surface area contributed by atoms with E-state index < -0.39 is 5.97 Å². The van der Waals surface area contributed by atoms with Crippen molar-refractivity contribution >= 4 is 71.4 Å². The summed E-state index contributed by atoms with van der Waals surface area (Å²) in [5, 5.41) is 1.08. The molecule has 39 heavy (non-hydrogen) atoms. The third-order valence-corrected chi connectivity index (χ3v) is 9.12. The normalized spacial score (nSPS) is 11.2. The molecular formula is C31H30Br2O5S. The van der Waals surface area contributed by atoms with Crippen LogP contribution in [0.25, 0.3) is 32.7 Å². The van der Waals surface area contributed by atoms with Gasteiger partial charge in [-0.2, -0.15) is 0 Å². The molecule has 0 amide bonds. The molecule has 0 atom stereocenters. The zero-order valence-electron chi connectivity index (χ0n) is 22.3. The molecule has 0 saturated heterocycles. The van der Waals surface area contributed by atoms with Crippen LogP contribution >= 0.6 is 43.2 Å². The van der Waals surface area contributed by atoms with E-state index in [1.165, 1.54) is 7.11 Å². The molecule has 1 heterocycles. The predicted octanol–water partition coefficient (Wildman–Crippen LogP) is 9.64. The van der Waals surface area contributed by atoms with Crippen molar-refractivity contribution in [1.82, 2.24) is 0 Å². The number of ether oxygens (including phenoxy) is 4. The highest BCUT2D eigenvalue weighted by Gasteiger charge is 2.20. The van der Waals surface area contributed by atoms with Gasteiger partial charge in [-0.1, -0.05) is 60.0 Å². The highest BCUT2D eigenvalue weighted by atomic mass is 79.9. The van der Waals surface area contributed by atoms with E-state index in [2.05, 4.69) is 57.0 Å². The summed E-state index contributed by atoms with van der Waals surface area (Å²) in [6, 6.07) is 15.9. The maximum absolute atomic E-state index is 13.0. The molecular weight excluding hydrogens is 644 g/mol. The van der Waals surface area contributed by atoms with Gasteiger partial charge in [0.25, 0.3) is 0 Å². The number of fused-ring (bicyclic) bond motifs is 1. The van der Waals surface area contributed by atoms with Crippen LogP contribution in [0.5, 0.6) is 17.2 Å². The lowest BCUT2D eigenvalue weighted by atomic mass is 10.0.